The SMILES string of the molecule is CC(=O)C(C)NC(=O)c1ccnc2ccccc12. The Morgan fingerprint density at radius 2 is 1.94 bits per heavy atom. The van der Waals surface area contributed by atoms with Crippen LogP contribution in [0.25, 0.3) is 10.9 Å². The third-order valence-electron chi connectivity index (χ3n) is 2.85. The first-order valence-corrected chi connectivity index (χ1v) is 5.74. The van der Waals surface area contributed by atoms with Gasteiger partial charge in [-0.05, 0) is 26.0 Å². The molecule has 1 aromatic carbocycles. The van der Waals surface area contributed by atoms with Crippen LogP contribution in [-0.2, 0) is 4.79 Å². The number of carbonyl (C=O) groups excluding carboxylic acids is 2. The van der Waals surface area contributed by atoms with E-state index in [0.29, 0.717) is 5.56 Å². The molecule has 2 rings (SSSR count). The molecule has 1 heterocycles. The van der Waals surface area contributed by atoms with E-state index in [4.69, 9.17) is 0 Å². The molecule has 0 fully saturated rings. The first-order valence-electron chi connectivity index (χ1n) is 5.74. The number of aromatic nitrogens is 1. The van der Waals surface area contributed by atoms with Crippen LogP contribution in [0.4, 0.5) is 0 Å². The van der Waals surface area contributed by atoms with E-state index in [9.17, 15) is 9.59 Å². The van der Waals surface area contributed by atoms with Crippen LogP contribution in [0, 0.1) is 0 Å². The summed E-state index contributed by atoms with van der Waals surface area (Å²) in [5, 5.41) is 3.46. The van der Waals surface area contributed by atoms with Crippen molar-refractivity contribution < 1.29 is 9.59 Å². The Hall–Kier alpha value is -2.23. The zero-order chi connectivity index (χ0) is 13.1. The average Bonchev–Trinajstić information content (AvgIpc) is 2.37. The lowest BCUT2D eigenvalue weighted by Crippen LogP contribution is -2.37. The van der Waals surface area contributed by atoms with Crippen LogP contribution < -0.4 is 5.32 Å². The number of benzene rings is 1. The predicted molar refractivity (Wildman–Crippen MR) is 69.4 cm³/mol. The second kappa shape index (κ2) is 4.96. The standard InChI is InChI=1S/C14H14N2O2/c1-9(10(2)17)16-14(18)12-7-8-15-13-6-4-3-5-11(12)13/h3-9H,1-2H3,(H,16,18). The van der Waals surface area contributed by atoms with Crippen LogP contribution in [0.15, 0.2) is 36.5 Å². The van der Waals surface area contributed by atoms with Crippen molar-refractivity contribution in [3.8, 4) is 0 Å². The van der Waals surface area contributed by atoms with Gasteiger partial charge in [-0.1, -0.05) is 18.2 Å². The monoisotopic (exact) mass is 242 g/mol. The van der Waals surface area contributed by atoms with E-state index < -0.39 is 6.04 Å². The van der Waals surface area contributed by atoms with Crippen LogP contribution in [0.2, 0.25) is 0 Å². The molecule has 92 valence electrons. The smallest absolute Gasteiger partial charge is 0.252 e. The van der Waals surface area contributed by atoms with Crippen molar-refractivity contribution in [1.82, 2.24) is 10.3 Å². The van der Waals surface area contributed by atoms with Crippen LogP contribution in [0.1, 0.15) is 24.2 Å². The Labute approximate surface area is 105 Å². The van der Waals surface area contributed by atoms with E-state index in [0.717, 1.165) is 10.9 Å². The highest BCUT2D eigenvalue weighted by atomic mass is 16.2. The van der Waals surface area contributed by atoms with Gasteiger partial charge in [0.2, 0.25) is 0 Å². The third-order valence-corrected chi connectivity index (χ3v) is 2.85. The lowest BCUT2D eigenvalue weighted by molar-refractivity contribution is -0.118. The molecule has 1 atom stereocenters. The van der Waals surface area contributed by atoms with E-state index in [-0.39, 0.29) is 11.7 Å². The maximum Gasteiger partial charge on any atom is 0.252 e. The Bertz CT molecular complexity index is 602. The number of hydrogen-bond acceptors (Lipinski definition) is 3. The molecule has 0 aliphatic rings. The summed E-state index contributed by atoms with van der Waals surface area (Å²) in [5.41, 5.74) is 1.30. The van der Waals surface area contributed by atoms with E-state index in [1.807, 2.05) is 24.3 Å². The second-order valence-corrected chi connectivity index (χ2v) is 4.18. The highest BCUT2D eigenvalue weighted by molar-refractivity contribution is 6.07. The highest BCUT2D eigenvalue weighted by Gasteiger charge is 2.15. The van der Waals surface area contributed by atoms with Gasteiger partial charge < -0.3 is 5.32 Å². The average molecular weight is 242 g/mol. The zero-order valence-corrected chi connectivity index (χ0v) is 10.3. The predicted octanol–water partition coefficient (Wildman–Crippen LogP) is 1.94. The third kappa shape index (κ3) is 2.37. The molecule has 0 aliphatic carbocycles. The molecule has 0 radical (unpaired) electrons. The van der Waals surface area contributed by atoms with Gasteiger partial charge in [-0.15, -0.1) is 0 Å². The number of hydrogen-bond donors (Lipinski definition) is 1. The minimum absolute atomic E-state index is 0.0679. The molecule has 0 saturated heterocycles. The van der Waals surface area contributed by atoms with E-state index in [1.165, 1.54) is 6.92 Å². The summed E-state index contributed by atoms with van der Waals surface area (Å²) in [6, 6.07) is 8.59. The maximum absolute atomic E-state index is 12.1. The van der Waals surface area contributed by atoms with Gasteiger partial charge in [-0.25, -0.2) is 0 Å². The van der Waals surface area contributed by atoms with E-state index in [2.05, 4.69) is 10.3 Å². The fourth-order valence-electron chi connectivity index (χ4n) is 1.67. The first kappa shape index (κ1) is 12.2. The van der Waals surface area contributed by atoms with Crippen LogP contribution in [0.3, 0.4) is 0 Å². The van der Waals surface area contributed by atoms with Gasteiger partial charge in [-0.2, -0.15) is 0 Å². The van der Waals surface area contributed by atoms with Gasteiger partial charge in [0.15, 0.2) is 5.78 Å². The molecule has 1 unspecified atom stereocenters. The highest BCUT2D eigenvalue weighted by Crippen LogP contribution is 2.16. The fraction of sp³-hybridized carbons (Fsp3) is 0.214. The molecule has 0 saturated carbocycles. The molecule has 4 nitrogen and oxygen atoms in total. The zero-order valence-electron chi connectivity index (χ0n) is 10.3. The second-order valence-electron chi connectivity index (χ2n) is 4.18. The summed E-state index contributed by atoms with van der Waals surface area (Å²) in [6.07, 6.45) is 1.59. The van der Waals surface area contributed by atoms with Crippen molar-refractivity contribution >= 4 is 22.6 Å². The summed E-state index contributed by atoms with van der Waals surface area (Å²) in [7, 11) is 0. The number of rotatable bonds is 3. The van der Waals surface area contributed by atoms with Crippen molar-refractivity contribution in [3.05, 3.63) is 42.1 Å². The number of carbonyl (C=O) groups is 2. The number of pyridine rings is 1. The summed E-state index contributed by atoms with van der Waals surface area (Å²) in [4.78, 5) is 27.4. The number of nitrogens with zero attached hydrogens (tertiary/aromatic N) is 1. The van der Waals surface area contributed by atoms with Crippen LogP contribution >= 0.6 is 0 Å². The molecular formula is C14H14N2O2. The minimum atomic E-state index is -0.482. The summed E-state index contributed by atoms with van der Waals surface area (Å²) in [5.74, 6) is -0.321. The lowest BCUT2D eigenvalue weighted by Gasteiger charge is -2.11. The molecule has 0 aliphatic heterocycles. The first-order chi connectivity index (χ1) is 8.59. The minimum Gasteiger partial charge on any atom is -0.343 e. The molecule has 18 heavy (non-hydrogen) atoms. The molecule has 4 heteroatoms. The summed E-state index contributed by atoms with van der Waals surface area (Å²) < 4.78 is 0. The Morgan fingerprint density at radius 3 is 2.67 bits per heavy atom. The van der Waals surface area contributed by atoms with Crippen molar-refractivity contribution in [1.29, 1.82) is 0 Å². The number of amides is 1. The van der Waals surface area contributed by atoms with E-state index >= 15 is 0 Å². The van der Waals surface area contributed by atoms with Gasteiger partial charge in [-0.3, -0.25) is 14.6 Å². The topological polar surface area (TPSA) is 59.1 Å². The molecule has 1 amide bonds. The van der Waals surface area contributed by atoms with Crippen molar-refractivity contribution in [2.75, 3.05) is 0 Å². The van der Waals surface area contributed by atoms with E-state index in [1.54, 1.807) is 19.2 Å². The number of para-hydroxylation sites is 1. The normalized spacial score (nSPS) is 12.1. The molecule has 2 aromatic rings. The molecule has 0 spiro atoms. The Kier molecular flexibility index (Phi) is 3.37. The molecule has 1 aromatic heterocycles. The van der Waals surface area contributed by atoms with Gasteiger partial charge in [0.1, 0.15) is 0 Å². The van der Waals surface area contributed by atoms with Crippen LogP contribution in [0.5, 0.6) is 0 Å². The largest absolute Gasteiger partial charge is 0.343 e. The van der Waals surface area contributed by atoms with Crippen LogP contribution in [-0.4, -0.2) is 22.7 Å². The van der Waals surface area contributed by atoms with Crippen molar-refractivity contribution in [2.24, 2.45) is 0 Å². The lowest BCUT2D eigenvalue weighted by atomic mass is 10.1. The molecule has 1 N–H and O–H groups in total. The van der Waals surface area contributed by atoms with Gasteiger partial charge in [0, 0.05) is 11.6 Å². The van der Waals surface area contributed by atoms with Gasteiger partial charge >= 0.3 is 0 Å². The molecular weight excluding hydrogens is 228 g/mol. The van der Waals surface area contributed by atoms with Crippen molar-refractivity contribution in [2.45, 2.75) is 19.9 Å². The quantitative estimate of drug-likeness (QED) is 0.894. The fourth-order valence-corrected chi connectivity index (χ4v) is 1.67. The number of Topliss-reactive ketones (excluding diaryl/α,β-unsaturated/α-hetero) is 1. The Morgan fingerprint density at radius 1 is 1.22 bits per heavy atom. The Balaban J connectivity index is 2.36. The summed E-state index contributed by atoms with van der Waals surface area (Å²) >= 11 is 0. The number of ketones is 1. The van der Waals surface area contributed by atoms with Crippen molar-refractivity contribution in [3.63, 3.8) is 0 Å². The van der Waals surface area contributed by atoms with Gasteiger partial charge in [0.25, 0.3) is 5.91 Å². The molecule has 0 bridgehead atoms. The number of fused-ring (bicyclic) bond motifs is 1. The summed E-state index contributed by atoms with van der Waals surface area (Å²) in [6.45, 7) is 3.12. The maximum atomic E-state index is 12.1. The van der Waals surface area contributed by atoms with Gasteiger partial charge in [0.05, 0.1) is 17.1 Å². The number of nitrogens with one attached hydrogen (secondary N) is 1.